The summed E-state index contributed by atoms with van der Waals surface area (Å²) in [6.45, 7) is 1.09. The Labute approximate surface area is 175 Å². The number of carbonyl (C=O) groups is 1. The van der Waals surface area contributed by atoms with E-state index in [4.69, 9.17) is 10.5 Å². The fourth-order valence-corrected chi connectivity index (χ4v) is 4.82. The second-order valence-corrected chi connectivity index (χ2v) is 7.99. The van der Waals surface area contributed by atoms with Gasteiger partial charge in [-0.25, -0.2) is 23.7 Å². The summed E-state index contributed by atoms with van der Waals surface area (Å²) in [4.78, 5) is 24.8. The first-order valence-electron chi connectivity index (χ1n) is 9.15. The molecule has 2 aliphatic rings. The zero-order valence-corrected chi connectivity index (χ0v) is 16.8. The summed E-state index contributed by atoms with van der Waals surface area (Å²) in [6.07, 6.45) is 2.20. The van der Waals surface area contributed by atoms with Crippen LogP contribution < -0.4 is 15.8 Å². The van der Waals surface area contributed by atoms with Crippen molar-refractivity contribution in [2.24, 2.45) is 16.6 Å². The molecular formula is C19H19F2N5O3S. The van der Waals surface area contributed by atoms with Crippen LogP contribution in [-0.4, -0.2) is 46.4 Å². The van der Waals surface area contributed by atoms with Gasteiger partial charge in [0.15, 0.2) is 5.17 Å². The van der Waals surface area contributed by atoms with Gasteiger partial charge in [0.1, 0.15) is 17.1 Å². The molecule has 3 unspecified atom stereocenters. The first-order valence-corrected chi connectivity index (χ1v) is 10.1. The average molecular weight is 435 g/mol. The Morgan fingerprint density at radius 1 is 1.43 bits per heavy atom. The van der Waals surface area contributed by atoms with Gasteiger partial charge in [-0.2, -0.15) is 0 Å². The largest absolute Gasteiger partial charge is 0.445 e. The molecule has 1 aromatic heterocycles. The maximum absolute atomic E-state index is 14.9. The normalized spacial score (nSPS) is 25.4. The molecule has 158 valence electrons. The smallest absolute Gasteiger partial charge is 0.275 e. The molecule has 1 saturated heterocycles. The summed E-state index contributed by atoms with van der Waals surface area (Å²) in [5.41, 5.74) is 5.69. The zero-order valence-electron chi connectivity index (χ0n) is 16.0. The lowest BCUT2D eigenvalue weighted by molar-refractivity contribution is 0.102. The van der Waals surface area contributed by atoms with Crippen molar-refractivity contribution in [3.05, 3.63) is 47.7 Å². The Morgan fingerprint density at radius 2 is 2.27 bits per heavy atom. The van der Waals surface area contributed by atoms with Crippen LogP contribution in [0, 0.1) is 11.7 Å². The Morgan fingerprint density at radius 3 is 3.00 bits per heavy atom. The molecule has 3 heterocycles. The summed E-state index contributed by atoms with van der Waals surface area (Å²) in [5, 5.41) is 3.05. The van der Waals surface area contributed by atoms with Crippen LogP contribution in [0.1, 0.15) is 23.0 Å². The number of alkyl halides is 1. The molecule has 4 rings (SSSR count). The standard InChI is InChI=1S/C19H19F2N5O3S/c1-10-13-7-30-18(22)26-19(13,8-28-10)12-4-11(2-3-14(12)21)25-17(27)15-5-24-16(6-23-15)29-9-20/h2-6,10,13H,7-9H2,1H3,(H2,22,26)(H,25,27). The Hall–Kier alpha value is -2.79. The number of nitrogens with zero attached hydrogens (tertiary/aromatic N) is 3. The number of rotatable bonds is 5. The van der Waals surface area contributed by atoms with Gasteiger partial charge in [-0.3, -0.25) is 4.79 Å². The first-order chi connectivity index (χ1) is 14.4. The van der Waals surface area contributed by atoms with Gasteiger partial charge in [0, 0.05) is 22.9 Å². The number of aliphatic imine (C=N–C) groups is 1. The number of thioether (sulfide) groups is 1. The quantitative estimate of drug-likeness (QED) is 0.742. The predicted octanol–water partition coefficient (Wildman–Crippen LogP) is 2.47. The van der Waals surface area contributed by atoms with E-state index in [2.05, 4.69) is 25.0 Å². The van der Waals surface area contributed by atoms with Crippen LogP contribution in [0.2, 0.25) is 0 Å². The third-order valence-electron chi connectivity index (χ3n) is 5.22. The van der Waals surface area contributed by atoms with E-state index in [9.17, 15) is 13.6 Å². The van der Waals surface area contributed by atoms with Crippen molar-refractivity contribution in [3.63, 3.8) is 0 Å². The molecule has 0 spiro atoms. The number of hydrogen-bond acceptors (Lipinski definition) is 8. The third-order valence-corrected chi connectivity index (χ3v) is 6.13. The first kappa shape index (κ1) is 20.5. The van der Waals surface area contributed by atoms with Gasteiger partial charge in [0.05, 0.1) is 25.1 Å². The minimum atomic E-state index is -1.05. The van der Waals surface area contributed by atoms with E-state index < -0.39 is 24.1 Å². The Kier molecular flexibility index (Phi) is 5.56. The number of amides is 1. The minimum Gasteiger partial charge on any atom is -0.445 e. The molecule has 1 amide bonds. The third kappa shape index (κ3) is 3.70. The topological polar surface area (TPSA) is 112 Å². The van der Waals surface area contributed by atoms with E-state index in [0.29, 0.717) is 22.2 Å². The second kappa shape index (κ2) is 8.15. The van der Waals surface area contributed by atoms with Crippen LogP contribution in [0.3, 0.4) is 0 Å². The molecule has 0 saturated carbocycles. The summed E-state index contributed by atoms with van der Waals surface area (Å²) >= 11 is 1.42. The average Bonchev–Trinajstić information content (AvgIpc) is 3.07. The van der Waals surface area contributed by atoms with Crippen LogP contribution in [0.15, 0.2) is 35.6 Å². The molecule has 3 N–H and O–H groups in total. The van der Waals surface area contributed by atoms with Gasteiger partial charge in [0.2, 0.25) is 12.7 Å². The van der Waals surface area contributed by atoms with Crippen LogP contribution in [0.25, 0.3) is 0 Å². The highest BCUT2D eigenvalue weighted by molar-refractivity contribution is 8.13. The number of carbonyl (C=O) groups excluding carboxylic acids is 1. The van der Waals surface area contributed by atoms with Gasteiger partial charge < -0.3 is 20.5 Å². The van der Waals surface area contributed by atoms with E-state index in [1.807, 2.05) is 6.92 Å². The number of ether oxygens (including phenoxy) is 2. The number of hydrogen-bond donors (Lipinski definition) is 2. The van der Waals surface area contributed by atoms with Crippen molar-refractivity contribution >= 4 is 28.5 Å². The molecule has 0 bridgehead atoms. The van der Waals surface area contributed by atoms with Crippen molar-refractivity contribution in [2.75, 3.05) is 24.5 Å². The van der Waals surface area contributed by atoms with Crippen molar-refractivity contribution < 1.29 is 23.0 Å². The van der Waals surface area contributed by atoms with E-state index in [1.165, 1.54) is 23.9 Å². The number of aromatic nitrogens is 2. The maximum Gasteiger partial charge on any atom is 0.275 e. The highest BCUT2D eigenvalue weighted by Crippen LogP contribution is 2.48. The molecule has 2 aliphatic heterocycles. The second-order valence-electron chi connectivity index (χ2n) is 6.95. The number of amidine groups is 1. The summed E-state index contributed by atoms with van der Waals surface area (Å²) in [7, 11) is 0. The van der Waals surface area contributed by atoms with Crippen molar-refractivity contribution in [2.45, 2.75) is 18.6 Å². The van der Waals surface area contributed by atoms with Crippen LogP contribution in [0.5, 0.6) is 5.88 Å². The number of benzene rings is 1. The maximum atomic E-state index is 14.9. The van der Waals surface area contributed by atoms with E-state index in [-0.39, 0.29) is 30.2 Å². The van der Waals surface area contributed by atoms with Crippen molar-refractivity contribution in [3.8, 4) is 5.88 Å². The summed E-state index contributed by atoms with van der Waals surface area (Å²) in [6, 6.07) is 4.26. The zero-order chi connectivity index (χ0) is 21.3. The fraction of sp³-hybridized carbons (Fsp3) is 0.368. The van der Waals surface area contributed by atoms with Gasteiger partial charge in [-0.05, 0) is 25.1 Å². The lowest BCUT2D eigenvalue weighted by Gasteiger charge is -2.35. The van der Waals surface area contributed by atoms with Gasteiger partial charge in [-0.15, -0.1) is 0 Å². The molecule has 1 fully saturated rings. The molecule has 0 radical (unpaired) electrons. The monoisotopic (exact) mass is 435 g/mol. The lowest BCUT2D eigenvalue weighted by Crippen LogP contribution is -2.41. The molecule has 11 heteroatoms. The number of fused-ring (bicyclic) bond motifs is 1. The highest BCUT2D eigenvalue weighted by Gasteiger charge is 2.52. The molecule has 30 heavy (non-hydrogen) atoms. The van der Waals surface area contributed by atoms with Gasteiger partial charge in [-0.1, -0.05) is 11.8 Å². The number of anilines is 1. The molecular weight excluding hydrogens is 416 g/mol. The summed E-state index contributed by atoms with van der Waals surface area (Å²) in [5.74, 6) is -0.436. The Balaban J connectivity index is 1.62. The lowest BCUT2D eigenvalue weighted by atomic mass is 9.79. The molecule has 0 aliphatic carbocycles. The Bertz CT molecular complexity index is 991. The van der Waals surface area contributed by atoms with Crippen molar-refractivity contribution in [1.29, 1.82) is 0 Å². The van der Waals surface area contributed by atoms with Gasteiger partial charge >= 0.3 is 0 Å². The SMILES string of the molecule is CC1OCC2(c3cc(NC(=O)c4cnc(OCF)cn4)ccc3F)N=C(N)SCC12. The van der Waals surface area contributed by atoms with Crippen LogP contribution in [-0.2, 0) is 10.3 Å². The predicted molar refractivity (Wildman–Crippen MR) is 108 cm³/mol. The fourth-order valence-electron chi connectivity index (χ4n) is 3.69. The molecule has 1 aromatic carbocycles. The molecule has 2 aromatic rings. The van der Waals surface area contributed by atoms with Crippen molar-refractivity contribution in [1.82, 2.24) is 9.97 Å². The van der Waals surface area contributed by atoms with Crippen LogP contribution >= 0.6 is 11.8 Å². The number of nitrogens with one attached hydrogen (secondary N) is 1. The van der Waals surface area contributed by atoms with E-state index in [1.54, 1.807) is 6.07 Å². The molecule has 8 nitrogen and oxygen atoms in total. The van der Waals surface area contributed by atoms with Crippen LogP contribution in [0.4, 0.5) is 14.5 Å². The van der Waals surface area contributed by atoms with Gasteiger partial charge in [0.25, 0.3) is 5.91 Å². The highest BCUT2D eigenvalue weighted by atomic mass is 32.2. The summed E-state index contributed by atoms with van der Waals surface area (Å²) < 4.78 is 37.4. The minimum absolute atomic E-state index is 0.00252. The number of nitrogens with two attached hydrogens (primary N) is 1. The number of halogens is 2. The van der Waals surface area contributed by atoms with E-state index >= 15 is 0 Å². The van der Waals surface area contributed by atoms with E-state index in [0.717, 1.165) is 12.4 Å². The molecule has 3 atom stereocenters.